The number of thiazole rings is 1. The first-order valence-corrected chi connectivity index (χ1v) is 8.85. The fourth-order valence-corrected chi connectivity index (χ4v) is 3.49. The minimum Gasteiger partial charge on any atom is -0.299 e. The molecule has 1 aromatic carbocycles. The molecule has 0 radical (unpaired) electrons. The molecule has 32 heavy (non-hydrogen) atoms. The van der Waals surface area contributed by atoms with Crippen LogP contribution in [0.5, 0.6) is 0 Å². The molecule has 3 nitrogen and oxygen atoms in total. The summed E-state index contributed by atoms with van der Waals surface area (Å²) in [6.07, 6.45) is 0. The second-order valence-corrected chi connectivity index (χ2v) is 7.39. The van der Waals surface area contributed by atoms with E-state index in [-0.39, 0.29) is 22.6 Å². The molecule has 3 rings (SSSR count). The highest BCUT2D eigenvalue weighted by Crippen LogP contribution is 2.69. The minimum atomic E-state index is -7.42. The zero-order valence-electron chi connectivity index (χ0n) is 14.7. The van der Waals surface area contributed by atoms with Gasteiger partial charge in [-0.05, 0) is 24.3 Å². The lowest BCUT2D eigenvalue weighted by Crippen LogP contribution is -2.86. The van der Waals surface area contributed by atoms with Gasteiger partial charge in [-0.2, -0.15) is 43.9 Å². The fraction of sp³-hybridized carbons (Fsp3) is 0.375. The van der Waals surface area contributed by atoms with Gasteiger partial charge in [0.25, 0.3) is 5.91 Å². The van der Waals surface area contributed by atoms with Crippen LogP contribution in [0.3, 0.4) is 0 Å². The number of nitrogens with zero attached hydrogens (tertiary/aromatic N) is 1. The van der Waals surface area contributed by atoms with Crippen molar-refractivity contribution in [2.24, 2.45) is 0 Å². The number of hydrogen-bond donors (Lipinski definition) is 1. The van der Waals surface area contributed by atoms with Gasteiger partial charge in [0.15, 0.2) is 5.13 Å². The first-order valence-electron chi connectivity index (χ1n) is 7.97. The third-order valence-electron chi connectivity index (χ3n) is 4.62. The number of hydrogen-bond acceptors (Lipinski definition) is 3. The van der Waals surface area contributed by atoms with E-state index in [4.69, 9.17) is 0 Å². The molecule has 1 amide bonds. The van der Waals surface area contributed by atoms with Crippen LogP contribution in [0.1, 0.15) is 0 Å². The van der Waals surface area contributed by atoms with E-state index in [1.165, 1.54) is 0 Å². The van der Waals surface area contributed by atoms with Crippen molar-refractivity contribution in [3.05, 3.63) is 35.5 Å². The summed E-state index contributed by atoms with van der Waals surface area (Å²) >= 11 is 0.223. The van der Waals surface area contributed by atoms with Crippen LogP contribution in [0.2, 0.25) is 0 Å². The van der Waals surface area contributed by atoms with Gasteiger partial charge in [0.1, 0.15) is 5.82 Å². The Morgan fingerprint density at radius 2 is 1.19 bits per heavy atom. The van der Waals surface area contributed by atoms with Crippen molar-refractivity contribution in [1.29, 1.82) is 0 Å². The van der Waals surface area contributed by atoms with Crippen molar-refractivity contribution in [3.8, 4) is 11.3 Å². The van der Waals surface area contributed by atoms with Crippen molar-refractivity contribution in [2.45, 2.75) is 35.3 Å². The molecular formula is C16H6F12N2OS. The van der Waals surface area contributed by atoms with E-state index in [1.54, 1.807) is 0 Å². The predicted octanol–water partition coefficient (Wildman–Crippen LogP) is 5.79. The van der Waals surface area contributed by atoms with Crippen LogP contribution in [0.4, 0.5) is 57.8 Å². The smallest absolute Gasteiger partial charge is 0.299 e. The molecule has 1 aliphatic carbocycles. The first-order chi connectivity index (χ1) is 14.4. The quantitative estimate of drug-likeness (QED) is 0.541. The maximum atomic E-state index is 14.6. The highest BCUT2D eigenvalue weighted by Gasteiger charge is 3.02. The molecule has 1 heterocycles. The summed E-state index contributed by atoms with van der Waals surface area (Å²) in [5.74, 6) is -40.9. The predicted molar refractivity (Wildman–Crippen MR) is 84.7 cm³/mol. The maximum Gasteiger partial charge on any atom is 0.384 e. The molecule has 1 saturated carbocycles. The summed E-state index contributed by atoms with van der Waals surface area (Å²) in [5.41, 5.74) is -6.89. The number of aromatic nitrogens is 1. The van der Waals surface area contributed by atoms with Gasteiger partial charge in [-0.15, -0.1) is 11.3 Å². The summed E-state index contributed by atoms with van der Waals surface area (Å²) in [6.45, 7) is 0. The second-order valence-electron chi connectivity index (χ2n) is 6.53. The van der Waals surface area contributed by atoms with Crippen molar-refractivity contribution in [1.82, 2.24) is 4.98 Å². The monoisotopic (exact) mass is 502 g/mol. The number of alkyl halides is 11. The highest BCUT2D eigenvalue weighted by molar-refractivity contribution is 7.14. The molecule has 1 aliphatic rings. The van der Waals surface area contributed by atoms with Crippen molar-refractivity contribution < 1.29 is 57.5 Å². The Morgan fingerprint density at radius 3 is 1.66 bits per heavy atom. The standard InChI is InChI=1S/C16H6F12N2OS/c17-7-3-1-6(2-4-7)8-5-32-10(29-8)30-9(31)11(18)12(19,20)14(23,24)16(27,28)15(25,26)13(11,21)22/h1-5H,(H,29,30,31). The van der Waals surface area contributed by atoms with Gasteiger partial charge in [0.2, 0.25) is 0 Å². The van der Waals surface area contributed by atoms with E-state index in [9.17, 15) is 57.5 Å². The molecule has 0 saturated heterocycles. The molecule has 0 unspecified atom stereocenters. The van der Waals surface area contributed by atoms with Gasteiger partial charge >= 0.3 is 35.3 Å². The van der Waals surface area contributed by atoms with Crippen LogP contribution >= 0.6 is 11.3 Å². The Hall–Kier alpha value is -2.52. The first kappa shape index (κ1) is 24.1. The Labute approximate surface area is 173 Å². The average molecular weight is 502 g/mol. The SMILES string of the molecule is O=C(Nc1nc(-c2ccc(F)cc2)cs1)C1(F)C(F)(F)C(F)(F)C(F)(F)C(F)(F)C1(F)F. The third-order valence-corrected chi connectivity index (χ3v) is 5.38. The molecule has 16 heteroatoms. The minimum absolute atomic E-state index is 0.101. The molecule has 2 aromatic rings. The highest BCUT2D eigenvalue weighted by atomic mass is 32.1. The second kappa shape index (κ2) is 6.74. The van der Waals surface area contributed by atoms with E-state index in [2.05, 4.69) is 4.98 Å². The zero-order chi connectivity index (χ0) is 24.5. The lowest BCUT2D eigenvalue weighted by molar-refractivity contribution is -0.475. The summed E-state index contributed by atoms with van der Waals surface area (Å²) in [4.78, 5) is 15.3. The summed E-state index contributed by atoms with van der Waals surface area (Å²) in [6, 6.07) is 4.08. The summed E-state index contributed by atoms with van der Waals surface area (Å²) in [5, 5.41) is 0.892. The van der Waals surface area contributed by atoms with E-state index < -0.39 is 52.1 Å². The normalized spacial score (nSPS) is 24.0. The van der Waals surface area contributed by atoms with Gasteiger partial charge in [-0.3, -0.25) is 10.1 Å². The molecule has 1 N–H and O–H groups in total. The Balaban J connectivity index is 2.03. The van der Waals surface area contributed by atoms with Crippen molar-refractivity contribution in [3.63, 3.8) is 0 Å². The number of anilines is 1. The molecule has 0 spiro atoms. The number of carbonyl (C=O) groups excluding carboxylic acids is 1. The largest absolute Gasteiger partial charge is 0.384 e. The summed E-state index contributed by atoms with van der Waals surface area (Å²) in [7, 11) is 0. The van der Waals surface area contributed by atoms with Crippen LogP contribution in [-0.2, 0) is 4.79 Å². The number of nitrogens with one attached hydrogen (secondary N) is 1. The molecule has 176 valence electrons. The molecule has 1 aromatic heterocycles. The van der Waals surface area contributed by atoms with Crippen molar-refractivity contribution in [2.75, 3.05) is 5.32 Å². The fourth-order valence-electron chi connectivity index (χ4n) is 2.77. The maximum absolute atomic E-state index is 14.6. The lowest BCUT2D eigenvalue weighted by Gasteiger charge is -2.51. The topological polar surface area (TPSA) is 42.0 Å². The number of carbonyl (C=O) groups is 1. The molecule has 0 bridgehead atoms. The average Bonchev–Trinajstić information content (AvgIpc) is 3.14. The van der Waals surface area contributed by atoms with Gasteiger partial charge in [-0.25, -0.2) is 13.8 Å². The van der Waals surface area contributed by atoms with Gasteiger partial charge < -0.3 is 0 Å². The van der Waals surface area contributed by atoms with Crippen LogP contribution in [0.15, 0.2) is 29.6 Å². The Morgan fingerprint density at radius 1 is 0.750 bits per heavy atom. The Kier molecular flexibility index (Phi) is 5.08. The van der Waals surface area contributed by atoms with E-state index in [0.29, 0.717) is 0 Å². The van der Waals surface area contributed by atoms with Crippen LogP contribution in [-0.4, -0.2) is 46.2 Å². The molecule has 0 atom stereocenters. The van der Waals surface area contributed by atoms with Crippen LogP contribution in [0, 0.1) is 5.82 Å². The lowest BCUT2D eigenvalue weighted by atomic mass is 9.71. The van der Waals surface area contributed by atoms with Crippen LogP contribution < -0.4 is 5.32 Å². The molecular weight excluding hydrogens is 496 g/mol. The van der Waals surface area contributed by atoms with E-state index in [0.717, 1.165) is 35.0 Å². The van der Waals surface area contributed by atoms with Gasteiger partial charge in [-0.1, -0.05) is 0 Å². The number of rotatable bonds is 3. The number of amides is 1. The van der Waals surface area contributed by atoms with Crippen LogP contribution in [0.25, 0.3) is 11.3 Å². The number of benzene rings is 1. The number of halogens is 12. The Bertz CT molecular complexity index is 1020. The zero-order valence-corrected chi connectivity index (χ0v) is 15.5. The van der Waals surface area contributed by atoms with E-state index >= 15 is 0 Å². The van der Waals surface area contributed by atoms with Gasteiger partial charge in [0, 0.05) is 10.9 Å². The van der Waals surface area contributed by atoms with Gasteiger partial charge in [0.05, 0.1) is 5.69 Å². The molecule has 1 fully saturated rings. The molecule has 0 aliphatic heterocycles. The van der Waals surface area contributed by atoms with Crippen molar-refractivity contribution >= 4 is 22.4 Å². The van der Waals surface area contributed by atoms with E-state index in [1.807, 2.05) is 0 Å². The third kappa shape index (κ3) is 2.70. The summed E-state index contributed by atoms with van der Waals surface area (Å²) < 4.78 is 163.